The fourth-order valence-corrected chi connectivity index (χ4v) is 1.40. The van der Waals surface area contributed by atoms with Gasteiger partial charge in [-0.2, -0.15) is 0 Å². The summed E-state index contributed by atoms with van der Waals surface area (Å²) in [5, 5.41) is 3.22. The van der Waals surface area contributed by atoms with E-state index in [9.17, 15) is 4.79 Å². The van der Waals surface area contributed by atoms with E-state index in [2.05, 4.69) is 20.0 Å². The molecule has 5 heteroatoms. The minimum Gasteiger partial charge on any atom is -0.464 e. The number of nitrogens with zero attached hydrogens (tertiary/aromatic N) is 2. The highest BCUT2D eigenvalue weighted by Gasteiger charge is 2.18. The van der Waals surface area contributed by atoms with Gasteiger partial charge in [0.25, 0.3) is 0 Å². The molecule has 80 valence electrons. The zero-order chi connectivity index (χ0) is 10.7. The number of anilines is 1. The molecular weight excluding hydrogens is 194 g/mol. The van der Waals surface area contributed by atoms with Crippen molar-refractivity contribution in [2.24, 2.45) is 0 Å². The molecule has 0 amide bonds. The van der Waals surface area contributed by atoms with E-state index in [-0.39, 0.29) is 5.69 Å². The second-order valence-corrected chi connectivity index (χ2v) is 3.55. The number of aromatic nitrogens is 2. The van der Waals surface area contributed by atoms with E-state index in [0.29, 0.717) is 11.9 Å². The van der Waals surface area contributed by atoms with Crippen LogP contribution in [-0.4, -0.2) is 29.1 Å². The van der Waals surface area contributed by atoms with Gasteiger partial charge >= 0.3 is 5.97 Å². The number of carbonyl (C=O) groups is 1. The quantitative estimate of drug-likeness (QED) is 0.755. The van der Waals surface area contributed by atoms with Gasteiger partial charge in [0.15, 0.2) is 5.69 Å². The molecule has 0 aliphatic heterocycles. The van der Waals surface area contributed by atoms with E-state index in [1.165, 1.54) is 19.7 Å². The van der Waals surface area contributed by atoms with Crippen molar-refractivity contribution < 1.29 is 9.53 Å². The number of hydrogen-bond acceptors (Lipinski definition) is 5. The van der Waals surface area contributed by atoms with E-state index in [1.54, 1.807) is 6.20 Å². The molecule has 0 aromatic carbocycles. The van der Waals surface area contributed by atoms with E-state index in [0.717, 1.165) is 12.8 Å². The van der Waals surface area contributed by atoms with Crippen molar-refractivity contribution in [3.05, 3.63) is 18.1 Å². The van der Waals surface area contributed by atoms with Crippen LogP contribution in [0.5, 0.6) is 0 Å². The number of ether oxygens (including phenoxy) is 1. The third kappa shape index (κ3) is 2.23. The second-order valence-electron chi connectivity index (χ2n) is 3.55. The highest BCUT2D eigenvalue weighted by atomic mass is 16.5. The van der Waals surface area contributed by atoms with Crippen LogP contribution in [-0.2, 0) is 4.74 Å². The molecule has 1 heterocycles. The van der Waals surface area contributed by atoms with Crippen molar-refractivity contribution in [1.82, 2.24) is 9.97 Å². The van der Waals surface area contributed by atoms with Gasteiger partial charge in [-0.05, 0) is 19.3 Å². The Bertz CT molecular complexity index is 363. The van der Waals surface area contributed by atoms with Crippen LogP contribution in [0.25, 0.3) is 0 Å². The Hall–Kier alpha value is -1.65. The lowest BCUT2D eigenvalue weighted by atomic mass is 9.93. The fourth-order valence-electron chi connectivity index (χ4n) is 1.40. The summed E-state index contributed by atoms with van der Waals surface area (Å²) in [4.78, 5) is 19.2. The first-order valence-electron chi connectivity index (χ1n) is 4.96. The van der Waals surface area contributed by atoms with Gasteiger partial charge in [0.2, 0.25) is 0 Å². The zero-order valence-electron chi connectivity index (χ0n) is 8.56. The lowest BCUT2D eigenvalue weighted by Gasteiger charge is -2.26. The summed E-state index contributed by atoms with van der Waals surface area (Å²) in [6, 6.07) is 0.479. The van der Waals surface area contributed by atoms with Gasteiger partial charge in [-0.25, -0.2) is 9.78 Å². The minimum absolute atomic E-state index is 0.238. The van der Waals surface area contributed by atoms with E-state index in [4.69, 9.17) is 0 Å². The van der Waals surface area contributed by atoms with Gasteiger partial charge in [0.05, 0.1) is 19.5 Å². The van der Waals surface area contributed by atoms with Crippen LogP contribution in [0.3, 0.4) is 0 Å². The first kappa shape index (κ1) is 9.89. The average Bonchev–Trinajstić information content (AvgIpc) is 2.23. The summed E-state index contributed by atoms with van der Waals surface area (Å²) in [6.45, 7) is 0. The van der Waals surface area contributed by atoms with E-state index in [1.807, 2.05) is 0 Å². The summed E-state index contributed by atoms with van der Waals surface area (Å²) in [7, 11) is 1.33. The Kier molecular flexibility index (Phi) is 2.80. The Morgan fingerprint density at radius 2 is 2.33 bits per heavy atom. The molecule has 1 N–H and O–H groups in total. The maximum atomic E-state index is 11.2. The number of rotatable bonds is 3. The lowest BCUT2D eigenvalue weighted by molar-refractivity contribution is 0.0593. The molecule has 0 atom stereocenters. The Balaban J connectivity index is 2.07. The number of hydrogen-bond donors (Lipinski definition) is 1. The maximum absolute atomic E-state index is 11.2. The highest BCUT2D eigenvalue weighted by Crippen LogP contribution is 2.21. The normalized spacial score (nSPS) is 15.5. The van der Waals surface area contributed by atoms with Crippen molar-refractivity contribution >= 4 is 11.8 Å². The summed E-state index contributed by atoms with van der Waals surface area (Å²) in [6.07, 6.45) is 6.58. The van der Waals surface area contributed by atoms with Crippen LogP contribution in [0, 0.1) is 0 Å². The van der Waals surface area contributed by atoms with Crippen LogP contribution in [0.1, 0.15) is 29.8 Å². The third-order valence-electron chi connectivity index (χ3n) is 2.49. The number of carbonyl (C=O) groups excluding carboxylic acids is 1. The van der Waals surface area contributed by atoms with Crippen molar-refractivity contribution in [1.29, 1.82) is 0 Å². The van der Waals surface area contributed by atoms with Crippen molar-refractivity contribution in [2.75, 3.05) is 12.4 Å². The van der Waals surface area contributed by atoms with Crippen LogP contribution in [0.4, 0.5) is 5.82 Å². The van der Waals surface area contributed by atoms with Gasteiger partial charge in [-0.1, -0.05) is 0 Å². The molecule has 15 heavy (non-hydrogen) atoms. The molecule has 0 spiro atoms. The second kappa shape index (κ2) is 4.25. The van der Waals surface area contributed by atoms with Crippen LogP contribution >= 0.6 is 0 Å². The number of methoxy groups -OCH3 is 1. The topological polar surface area (TPSA) is 64.1 Å². The summed E-state index contributed by atoms with van der Waals surface area (Å²) < 4.78 is 4.57. The smallest absolute Gasteiger partial charge is 0.358 e. The first-order chi connectivity index (χ1) is 7.29. The monoisotopic (exact) mass is 207 g/mol. The predicted molar refractivity (Wildman–Crippen MR) is 54.6 cm³/mol. The maximum Gasteiger partial charge on any atom is 0.358 e. The number of esters is 1. The molecule has 1 fully saturated rings. The Morgan fingerprint density at radius 3 is 2.93 bits per heavy atom. The molecule has 0 unspecified atom stereocenters. The molecule has 1 aliphatic rings. The zero-order valence-corrected chi connectivity index (χ0v) is 8.56. The largest absolute Gasteiger partial charge is 0.464 e. The fraction of sp³-hybridized carbons (Fsp3) is 0.500. The molecule has 0 bridgehead atoms. The third-order valence-corrected chi connectivity index (χ3v) is 2.49. The van der Waals surface area contributed by atoms with Gasteiger partial charge < -0.3 is 10.1 Å². The van der Waals surface area contributed by atoms with E-state index >= 15 is 0 Å². The molecule has 5 nitrogen and oxygen atoms in total. The standard InChI is InChI=1S/C10H13N3O2/c1-15-10(14)8-5-11-6-9(13-8)12-7-3-2-4-7/h5-7H,2-4H2,1H3,(H,12,13). The molecule has 2 rings (SSSR count). The van der Waals surface area contributed by atoms with Crippen molar-refractivity contribution in [2.45, 2.75) is 25.3 Å². The van der Waals surface area contributed by atoms with Crippen LogP contribution < -0.4 is 5.32 Å². The highest BCUT2D eigenvalue weighted by molar-refractivity contribution is 5.87. The van der Waals surface area contributed by atoms with Crippen molar-refractivity contribution in [3.8, 4) is 0 Å². The Labute approximate surface area is 87.9 Å². The van der Waals surface area contributed by atoms with Gasteiger partial charge in [-0.3, -0.25) is 4.98 Å². The lowest BCUT2D eigenvalue weighted by Crippen LogP contribution is -2.27. The van der Waals surface area contributed by atoms with Gasteiger partial charge in [-0.15, -0.1) is 0 Å². The predicted octanol–water partition coefficient (Wildman–Crippen LogP) is 1.23. The molecule has 1 aromatic heterocycles. The molecule has 0 saturated heterocycles. The van der Waals surface area contributed by atoms with Crippen LogP contribution in [0.15, 0.2) is 12.4 Å². The summed E-state index contributed by atoms with van der Waals surface area (Å²) >= 11 is 0. The minimum atomic E-state index is -0.459. The Morgan fingerprint density at radius 1 is 1.53 bits per heavy atom. The van der Waals surface area contributed by atoms with Crippen LogP contribution in [0.2, 0.25) is 0 Å². The summed E-state index contributed by atoms with van der Waals surface area (Å²) in [5.41, 5.74) is 0.238. The average molecular weight is 207 g/mol. The molecular formula is C10H13N3O2. The molecule has 1 aromatic rings. The molecule has 0 radical (unpaired) electrons. The van der Waals surface area contributed by atoms with Crippen molar-refractivity contribution in [3.63, 3.8) is 0 Å². The SMILES string of the molecule is COC(=O)c1cncc(NC2CCC2)n1. The molecule has 1 saturated carbocycles. The summed E-state index contributed by atoms with van der Waals surface area (Å²) in [5.74, 6) is 0.183. The molecule has 1 aliphatic carbocycles. The van der Waals surface area contributed by atoms with Gasteiger partial charge in [0.1, 0.15) is 5.82 Å². The number of nitrogens with one attached hydrogen (secondary N) is 1. The van der Waals surface area contributed by atoms with E-state index < -0.39 is 5.97 Å². The van der Waals surface area contributed by atoms with Gasteiger partial charge in [0, 0.05) is 6.04 Å². The first-order valence-corrected chi connectivity index (χ1v) is 4.96.